The first-order chi connectivity index (χ1) is 12.3. The van der Waals surface area contributed by atoms with Crippen molar-refractivity contribution in [3.05, 3.63) is 24.3 Å². The second-order valence-electron chi connectivity index (χ2n) is 8.86. The number of rotatable bonds is 12. The lowest BCUT2D eigenvalue weighted by Gasteiger charge is -2.17. The minimum atomic E-state index is -0.743. The van der Waals surface area contributed by atoms with E-state index in [0.29, 0.717) is 30.0 Å². The van der Waals surface area contributed by atoms with Crippen LogP contribution in [0.1, 0.15) is 91.4 Å². The summed E-state index contributed by atoms with van der Waals surface area (Å²) in [6.07, 6.45) is 19.0. The van der Waals surface area contributed by atoms with Gasteiger partial charge in [-0.1, -0.05) is 57.9 Å². The zero-order valence-corrected chi connectivity index (χ0v) is 17.0. The number of hydrogen-bond acceptors (Lipinski definition) is 2. The summed E-state index contributed by atoms with van der Waals surface area (Å²) in [5.41, 5.74) is 0.439. The summed E-state index contributed by atoms with van der Waals surface area (Å²) >= 11 is 0. The molecule has 1 saturated carbocycles. The molecule has 0 saturated heterocycles. The van der Waals surface area contributed by atoms with Crippen LogP contribution in [0.2, 0.25) is 0 Å². The predicted molar refractivity (Wildman–Crippen MR) is 108 cm³/mol. The van der Waals surface area contributed by atoms with Crippen LogP contribution in [0.3, 0.4) is 0 Å². The van der Waals surface area contributed by atoms with Gasteiger partial charge in [-0.2, -0.15) is 0 Å². The van der Waals surface area contributed by atoms with Crippen molar-refractivity contribution < 1.29 is 14.7 Å². The Balaban J connectivity index is 2.24. The molecule has 3 heteroatoms. The van der Waals surface area contributed by atoms with Crippen LogP contribution in [0.4, 0.5) is 0 Å². The van der Waals surface area contributed by atoms with Gasteiger partial charge in [0, 0.05) is 18.8 Å². The number of ketones is 1. The number of carboxylic acids is 1. The molecule has 148 valence electrons. The second kappa shape index (κ2) is 12.1. The van der Waals surface area contributed by atoms with Crippen molar-refractivity contribution in [2.75, 3.05) is 0 Å². The van der Waals surface area contributed by atoms with Crippen LogP contribution in [-0.4, -0.2) is 16.9 Å². The van der Waals surface area contributed by atoms with E-state index in [9.17, 15) is 9.59 Å². The smallest absolute Gasteiger partial charge is 0.303 e. The number of Topliss-reactive ketones (excluding diaryl/α,β-unsaturated/α-hetero) is 1. The molecule has 0 aromatic carbocycles. The van der Waals surface area contributed by atoms with Crippen LogP contribution in [0.15, 0.2) is 24.3 Å². The highest BCUT2D eigenvalue weighted by molar-refractivity contribution is 5.83. The molecule has 0 spiro atoms. The van der Waals surface area contributed by atoms with Crippen LogP contribution in [0, 0.1) is 17.3 Å². The predicted octanol–water partition coefficient (Wildman–Crippen LogP) is 6.34. The lowest BCUT2D eigenvalue weighted by Crippen LogP contribution is -2.12. The molecule has 0 radical (unpaired) electrons. The molecular weight excluding hydrogens is 324 g/mol. The van der Waals surface area contributed by atoms with Crippen LogP contribution in [-0.2, 0) is 9.59 Å². The Labute approximate surface area is 160 Å². The van der Waals surface area contributed by atoms with Gasteiger partial charge in [-0.3, -0.25) is 9.59 Å². The molecule has 3 nitrogen and oxygen atoms in total. The van der Waals surface area contributed by atoms with Gasteiger partial charge in [0.05, 0.1) is 0 Å². The molecule has 0 heterocycles. The molecule has 1 aliphatic carbocycles. The van der Waals surface area contributed by atoms with E-state index in [4.69, 9.17) is 5.11 Å². The fourth-order valence-electron chi connectivity index (χ4n) is 3.57. The van der Waals surface area contributed by atoms with Crippen molar-refractivity contribution in [1.82, 2.24) is 0 Å². The number of carboxylic acid groups (broad SMARTS) is 1. The summed E-state index contributed by atoms with van der Waals surface area (Å²) in [6.45, 7) is 6.89. The second-order valence-corrected chi connectivity index (χ2v) is 8.86. The van der Waals surface area contributed by atoms with E-state index in [1.807, 2.05) is 6.08 Å². The van der Waals surface area contributed by atoms with E-state index in [0.717, 1.165) is 25.7 Å². The molecule has 26 heavy (non-hydrogen) atoms. The van der Waals surface area contributed by atoms with Crippen molar-refractivity contribution in [2.24, 2.45) is 17.3 Å². The monoisotopic (exact) mass is 362 g/mol. The maximum Gasteiger partial charge on any atom is 0.303 e. The molecule has 0 unspecified atom stereocenters. The number of carbonyl (C=O) groups is 2. The van der Waals surface area contributed by atoms with Crippen LogP contribution in [0.25, 0.3) is 0 Å². The molecule has 0 amide bonds. The first-order valence-corrected chi connectivity index (χ1v) is 10.4. The van der Waals surface area contributed by atoms with Gasteiger partial charge in [0.25, 0.3) is 0 Å². The average Bonchev–Trinajstić information content (AvgIpc) is 2.89. The van der Waals surface area contributed by atoms with E-state index in [-0.39, 0.29) is 12.3 Å². The molecular formula is C23H38O3. The Morgan fingerprint density at radius 3 is 2.50 bits per heavy atom. The number of allylic oxidation sites excluding steroid dienone is 4. The van der Waals surface area contributed by atoms with Gasteiger partial charge < -0.3 is 5.11 Å². The molecule has 0 aliphatic heterocycles. The minimum absolute atomic E-state index is 0.128. The van der Waals surface area contributed by atoms with Crippen molar-refractivity contribution in [2.45, 2.75) is 91.4 Å². The van der Waals surface area contributed by atoms with E-state index < -0.39 is 5.97 Å². The van der Waals surface area contributed by atoms with Gasteiger partial charge >= 0.3 is 5.97 Å². The third kappa shape index (κ3) is 10.6. The Hall–Kier alpha value is -1.38. The first kappa shape index (κ1) is 22.7. The normalized spacial score (nSPS) is 21.3. The number of carbonyl (C=O) groups excluding carboxylic acids is 1. The summed E-state index contributed by atoms with van der Waals surface area (Å²) in [5.74, 6) is 0.164. The minimum Gasteiger partial charge on any atom is -0.481 e. The number of hydrogen-bond donors (Lipinski definition) is 1. The van der Waals surface area contributed by atoms with Crippen molar-refractivity contribution in [3.63, 3.8) is 0 Å². The van der Waals surface area contributed by atoms with Gasteiger partial charge in [0.15, 0.2) is 0 Å². The summed E-state index contributed by atoms with van der Waals surface area (Å²) in [7, 11) is 0. The Morgan fingerprint density at radius 2 is 1.81 bits per heavy atom. The maximum atomic E-state index is 12.1. The summed E-state index contributed by atoms with van der Waals surface area (Å²) in [4.78, 5) is 22.6. The van der Waals surface area contributed by atoms with E-state index in [2.05, 4.69) is 39.0 Å². The fraction of sp³-hybridized carbons (Fsp3) is 0.739. The van der Waals surface area contributed by atoms with Crippen LogP contribution < -0.4 is 0 Å². The lowest BCUT2D eigenvalue weighted by atomic mass is 9.89. The number of aliphatic carboxylic acids is 1. The molecule has 1 aliphatic rings. The van der Waals surface area contributed by atoms with Gasteiger partial charge in [-0.15, -0.1) is 0 Å². The van der Waals surface area contributed by atoms with Crippen LogP contribution in [0.5, 0.6) is 0 Å². The highest BCUT2D eigenvalue weighted by Crippen LogP contribution is 2.33. The van der Waals surface area contributed by atoms with Gasteiger partial charge in [-0.25, -0.2) is 0 Å². The maximum absolute atomic E-state index is 12.1. The molecule has 1 N–H and O–H groups in total. The molecule has 0 aromatic rings. The van der Waals surface area contributed by atoms with E-state index >= 15 is 0 Å². The Morgan fingerprint density at radius 1 is 1.08 bits per heavy atom. The SMILES string of the molecule is CC(C)(C)CCCCCC=C[C@H]1CCC(=O)[C@@H]1CC=CCCCC(=O)O. The zero-order valence-electron chi connectivity index (χ0n) is 17.0. The van der Waals surface area contributed by atoms with Crippen molar-refractivity contribution >= 4 is 11.8 Å². The van der Waals surface area contributed by atoms with Crippen molar-refractivity contribution in [3.8, 4) is 0 Å². The lowest BCUT2D eigenvalue weighted by molar-refractivity contribution is -0.137. The third-order valence-corrected chi connectivity index (χ3v) is 5.15. The topological polar surface area (TPSA) is 54.4 Å². The Kier molecular flexibility index (Phi) is 10.5. The highest BCUT2D eigenvalue weighted by Gasteiger charge is 2.31. The third-order valence-electron chi connectivity index (χ3n) is 5.15. The van der Waals surface area contributed by atoms with Gasteiger partial charge in [-0.05, 0) is 56.3 Å². The standard InChI is InChI=1S/C23H38O3/c1-23(2,3)18-12-8-4-5-9-13-19-16-17-21(24)20(19)14-10-6-7-11-15-22(25)26/h6,9-10,13,19-20H,4-5,7-8,11-12,14-18H2,1-3H3,(H,25,26)/t19-,20+/m0/s1. The van der Waals surface area contributed by atoms with Gasteiger partial charge in [0.1, 0.15) is 5.78 Å². The van der Waals surface area contributed by atoms with Crippen LogP contribution >= 0.6 is 0 Å². The molecule has 2 atom stereocenters. The molecule has 1 rings (SSSR count). The van der Waals surface area contributed by atoms with Crippen molar-refractivity contribution in [1.29, 1.82) is 0 Å². The van der Waals surface area contributed by atoms with E-state index in [1.165, 1.54) is 25.7 Å². The summed E-state index contributed by atoms with van der Waals surface area (Å²) in [6, 6.07) is 0. The number of unbranched alkanes of at least 4 members (excludes halogenated alkanes) is 4. The Bertz CT molecular complexity index is 482. The van der Waals surface area contributed by atoms with Gasteiger partial charge in [0.2, 0.25) is 0 Å². The quantitative estimate of drug-likeness (QED) is 0.326. The summed E-state index contributed by atoms with van der Waals surface area (Å²) in [5, 5.41) is 8.62. The molecule has 1 fully saturated rings. The zero-order chi connectivity index (χ0) is 19.4. The molecule has 0 aromatic heterocycles. The highest BCUT2D eigenvalue weighted by atomic mass is 16.4. The first-order valence-electron chi connectivity index (χ1n) is 10.4. The molecule has 0 bridgehead atoms. The fourth-order valence-corrected chi connectivity index (χ4v) is 3.57. The largest absolute Gasteiger partial charge is 0.481 e. The summed E-state index contributed by atoms with van der Waals surface area (Å²) < 4.78 is 0. The average molecular weight is 363 g/mol. The van der Waals surface area contributed by atoms with E-state index in [1.54, 1.807) is 0 Å².